The zero-order valence-corrected chi connectivity index (χ0v) is 10.2. The predicted molar refractivity (Wildman–Crippen MR) is 62.1 cm³/mol. The first-order valence-electron chi connectivity index (χ1n) is 5.70. The maximum Gasteiger partial charge on any atom is 0.161 e. The number of hydrogen-bond acceptors (Lipinski definition) is 2. The van der Waals surface area contributed by atoms with Crippen molar-refractivity contribution in [1.82, 2.24) is 0 Å². The van der Waals surface area contributed by atoms with E-state index in [0.29, 0.717) is 10.5 Å². The summed E-state index contributed by atoms with van der Waals surface area (Å²) in [5.74, 6) is 0.433. The smallest absolute Gasteiger partial charge is 0.161 e. The van der Waals surface area contributed by atoms with E-state index in [1.807, 2.05) is 19.9 Å². The average molecular weight is 226 g/mol. The van der Waals surface area contributed by atoms with Gasteiger partial charge in [-0.3, -0.25) is 9.00 Å². The lowest BCUT2D eigenvalue weighted by Crippen LogP contribution is -2.32. The lowest BCUT2D eigenvalue weighted by molar-refractivity contribution is -0.119. The molecule has 0 N–H and O–H groups in total. The number of allylic oxidation sites excluding steroid dienone is 2. The minimum atomic E-state index is -0.643. The fraction of sp³-hybridized carbons (Fsp3) is 0.750. The summed E-state index contributed by atoms with van der Waals surface area (Å²) < 4.78 is 11.8. The molecule has 0 radical (unpaired) electrons. The van der Waals surface area contributed by atoms with Gasteiger partial charge in [-0.2, -0.15) is 0 Å². The molecule has 0 saturated carbocycles. The fourth-order valence-electron chi connectivity index (χ4n) is 2.71. The number of Topliss-reactive ketones (excluding diaryl/α,β-unsaturated/α-hetero) is 1. The highest BCUT2D eigenvalue weighted by Gasteiger charge is 2.42. The molecule has 2 unspecified atom stereocenters. The summed E-state index contributed by atoms with van der Waals surface area (Å²) in [6, 6.07) is 0. The molecule has 2 atom stereocenters. The Labute approximate surface area is 93.6 Å². The van der Waals surface area contributed by atoms with Gasteiger partial charge < -0.3 is 0 Å². The molecule has 3 heteroatoms. The molecule has 0 aromatic carbocycles. The zero-order valence-electron chi connectivity index (χ0n) is 9.36. The predicted octanol–water partition coefficient (Wildman–Crippen LogP) is 2.21. The molecule has 2 aliphatic rings. The van der Waals surface area contributed by atoms with Crippen LogP contribution in [0.4, 0.5) is 0 Å². The Morgan fingerprint density at radius 3 is 2.27 bits per heavy atom. The summed E-state index contributed by atoms with van der Waals surface area (Å²) >= 11 is 0. The van der Waals surface area contributed by atoms with Crippen molar-refractivity contribution in [1.29, 1.82) is 0 Å². The van der Waals surface area contributed by atoms with Crippen molar-refractivity contribution in [3.63, 3.8) is 0 Å². The highest BCUT2D eigenvalue weighted by Crippen LogP contribution is 2.39. The van der Waals surface area contributed by atoms with Crippen LogP contribution in [-0.4, -0.2) is 20.5 Å². The molecule has 2 nitrogen and oxygen atoms in total. The summed E-state index contributed by atoms with van der Waals surface area (Å²) in [4.78, 5) is 12.0. The van der Waals surface area contributed by atoms with Crippen molar-refractivity contribution < 1.29 is 9.00 Å². The summed E-state index contributed by atoms with van der Waals surface area (Å²) in [6.45, 7) is 3.79. The maximum atomic E-state index is 12.0. The van der Waals surface area contributed by atoms with E-state index < -0.39 is 10.8 Å². The van der Waals surface area contributed by atoms with E-state index in [1.165, 1.54) is 0 Å². The van der Waals surface area contributed by atoms with Crippen LogP contribution in [-0.2, 0) is 15.6 Å². The number of ketones is 1. The van der Waals surface area contributed by atoms with Gasteiger partial charge in [-0.15, -0.1) is 0 Å². The number of hydrogen-bond donors (Lipinski definition) is 0. The Balaban J connectivity index is 2.09. The van der Waals surface area contributed by atoms with E-state index in [1.54, 1.807) is 0 Å². The summed E-state index contributed by atoms with van der Waals surface area (Å²) in [7, 11) is -0.643. The molecule has 84 valence electrons. The maximum absolute atomic E-state index is 12.0. The molecule has 2 rings (SSSR count). The van der Waals surface area contributed by atoms with Crippen molar-refractivity contribution in [2.45, 2.75) is 50.0 Å². The molecule has 2 bridgehead atoms. The van der Waals surface area contributed by atoms with E-state index in [4.69, 9.17) is 0 Å². The van der Waals surface area contributed by atoms with Gasteiger partial charge in [0.1, 0.15) is 0 Å². The van der Waals surface area contributed by atoms with Crippen LogP contribution in [0.25, 0.3) is 0 Å². The van der Waals surface area contributed by atoms with Gasteiger partial charge in [-0.05, 0) is 45.1 Å². The SMILES string of the molecule is CC=C(C)C(=O)C1CC2CCC(C1)S2=O. The van der Waals surface area contributed by atoms with Gasteiger partial charge in [0.05, 0.1) is 0 Å². The second-order valence-electron chi connectivity index (χ2n) is 4.65. The molecule has 2 fully saturated rings. The van der Waals surface area contributed by atoms with Crippen molar-refractivity contribution >= 4 is 16.6 Å². The topological polar surface area (TPSA) is 34.1 Å². The molecule has 0 aliphatic carbocycles. The number of carbonyl (C=O) groups excluding carboxylic acids is 1. The third kappa shape index (κ3) is 1.94. The average Bonchev–Trinajstić information content (AvgIpc) is 2.50. The van der Waals surface area contributed by atoms with E-state index in [0.717, 1.165) is 31.3 Å². The van der Waals surface area contributed by atoms with Crippen LogP contribution in [0.1, 0.15) is 39.5 Å². The van der Waals surface area contributed by atoms with Crippen LogP contribution in [0.2, 0.25) is 0 Å². The molecule has 0 spiro atoms. The van der Waals surface area contributed by atoms with Crippen LogP contribution in [0, 0.1) is 5.92 Å². The zero-order chi connectivity index (χ0) is 11.0. The Kier molecular flexibility index (Phi) is 3.10. The monoisotopic (exact) mass is 226 g/mol. The van der Waals surface area contributed by atoms with E-state index in [9.17, 15) is 9.00 Å². The first-order valence-corrected chi connectivity index (χ1v) is 6.97. The number of carbonyl (C=O) groups is 1. The largest absolute Gasteiger partial charge is 0.294 e. The Morgan fingerprint density at radius 1 is 1.27 bits per heavy atom. The lowest BCUT2D eigenvalue weighted by atomic mass is 9.91. The molecule has 0 amide bonds. The molecule has 2 aliphatic heterocycles. The van der Waals surface area contributed by atoms with Crippen LogP contribution in [0.3, 0.4) is 0 Å². The first kappa shape index (κ1) is 11.1. The molecule has 0 aromatic heterocycles. The van der Waals surface area contributed by atoms with Gasteiger partial charge in [-0.25, -0.2) is 0 Å². The minimum absolute atomic E-state index is 0.149. The standard InChI is InChI=1S/C12H18O2S/c1-3-8(2)12(13)9-6-10-4-5-11(7-9)15(10)14/h3,9-11H,4-7H2,1-2H3. The van der Waals surface area contributed by atoms with E-state index in [-0.39, 0.29) is 11.7 Å². The van der Waals surface area contributed by atoms with Crippen LogP contribution in [0.5, 0.6) is 0 Å². The van der Waals surface area contributed by atoms with Gasteiger partial charge in [0.25, 0.3) is 0 Å². The second kappa shape index (κ2) is 4.20. The van der Waals surface area contributed by atoms with E-state index in [2.05, 4.69) is 0 Å². The Bertz CT molecular complexity index is 317. The quantitative estimate of drug-likeness (QED) is 0.677. The lowest BCUT2D eigenvalue weighted by Gasteiger charge is -2.26. The molecule has 15 heavy (non-hydrogen) atoms. The van der Waals surface area contributed by atoms with Crippen molar-refractivity contribution in [2.75, 3.05) is 0 Å². The van der Waals surface area contributed by atoms with Crippen LogP contribution < -0.4 is 0 Å². The van der Waals surface area contributed by atoms with Gasteiger partial charge in [0.15, 0.2) is 5.78 Å². The molecular formula is C12H18O2S. The summed E-state index contributed by atoms with van der Waals surface area (Å²) in [5.41, 5.74) is 0.868. The van der Waals surface area contributed by atoms with E-state index >= 15 is 0 Å². The van der Waals surface area contributed by atoms with Gasteiger partial charge in [-0.1, -0.05) is 6.08 Å². The van der Waals surface area contributed by atoms with Gasteiger partial charge in [0, 0.05) is 27.2 Å². The number of rotatable bonds is 2. The molecule has 2 heterocycles. The summed E-state index contributed by atoms with van der Waals surface area (Å²) in [5, 5.41) is 0.615. The Morgan fingerprint density at radius 2 is 1.80 bits per heavy atom. The highest BCUT2D eigenvalue weighted by atomic mass is 32.2. The molecule has 2 saturated heterocycles. The third-order valence-corrected chi connectivity index (χ3v) is 5.93. The molecular weight excluding hydrogens is 208 g/mol. The van der Waals surface area contributed by atoms with Crippen molar-refractivity contribution in [2.24, 2.45) is 5.92 Å². The van der Waals surface area contributed by atoms with Gasteiger partial charge >= 0.3 is 0 Å². The molecule has 0 aromatic rings. The minimum Gasteiger partial charge on any atom is -0.294 e. The second-order valence-corrected chi connectivity index (χ2v) is 6.64. The summed E-state index contributed by atoms with van der Waals surface area (Å²) in [6.07, 6.45) is 5.72. The van der Waals surface area contributed by atoms with Crippen LogP contribution >= 0.6 is 0 Å². The van der Waals surface area contributed by atoms with Gasteiger partial charge in [0.2, 0.25) is 0 Å². The third-order valence-electron chi connectivity index (χ3n) is 3.75. The Hall–Kier alpha value is -0.440. The van der Waals surface area contributed by atoms with Crippen molar-refractivity contribution in [3.8, 4) is 0 Å². The van der Waals surface area contributed by atoms with Crippen molar-refractivity contribution in [3.05, 3.63) is 11.6 Å². The first-order chi connectivity index (χ1) is 7.13. The normalized spacial score (nSPS) is 40.5. The fourth-order valence-corrected chi connectivity index (χ4v) is 4.84. The highest BCUT2D eigenvalue weighted by molar-refractivity contribution is 7.86. The van der Waals surface area contributed by atoms with Crippen LogP contribution in [0.15, 0.2) is 11.6 Å². The number of fused-ring (bicyclic) bond motifs is 2.